The first-order chi connectivity index (χ1) is 11.0. The number of hydrogen-bond donors (Lipinski definition) is 2. The molecule has 0 spiro atoms. The van der Waals surface area contributed by atoms with Gasteiger partial charge in [0.1, 0.15) is 12.4 Å². The number of nitrogens with one attached hydrogen (secondary N) is 1. The summed E-state index contributed by atoms with van der Waals surface area (Å²) in [5.74, 6) is -1.11. The van der Waals surface area contributed by atoms with Crippen molar-refractivity contribution in [2.24, 2.45) is 5.92 Å². The van der Waals surface area contributed by atoms with E-state index < -0.39 is 24.9 Å². The first-order valence-corrected chi connectivity index (χ1v) is 7.21. The van der Waals surface area contributed by atoms with Gasteiger partial charge in [-0.25, -0.2) is 13.6 Å². The fraction of sp³-hybridized carbons (Fsp3) is 0.467. The first-order valence-electron chi connectivity index (χ1n) is 7.21. The predicted molar refractivity (Wildman–Crippen MR) is 77.5 cm³/mol. The van der Waals surface area contributed by atoms with Crippen LogP contribution in [0.3, 0.4) is 0 Å². The second-order valence-electron chi connectivity index (χ2n) is 5.28. The fourth-order valence-corrected chi connectivity index (χ4v) is 2.34. The minimum atomic E-state index is -2.55. The molecule has 1 aliphatic heterocycles. The number of aliphatic carboxylic acids is 1. The van der Waals surface area contributed by atoms with E-state index in [9.17, 15) is 18.4 Å². The van der Waals surface area contributed by atoms with Crippen LogP contribution in [0, 0.1) is 5.92 Å². The SMILES string of the molecule is O=C(O)C1CCN(C(=O)NCc2cccc(OCC(F)F)c2)C1. The van der Waals surface area contributed by atoms with Gasteiger partial charge in [-0.1, -0.05) is 12.1 Å². The monoisotopic (exact) mass is 328 g/mol. The van der Waals surface area contributed by atoms with E-state index in [1.165, 1.54) is 4.90 Å². The van der Waals surface area contributed by atoms with E-state index in [0.29, 0.717) is 24.3 Å². The number of ether oxygens (including phenoxy) is 1. The topological polar surface area (TPSA) is 78.9 Å². The Balaban J connectivity index is 1.82. The van der Waals surface area contributed by atoms with E-state index in [0.717, 1.165) is 0 Å². The molecule has 0 radical (unpaired) electrons. The van der Waals surface area contributed by atoms with Gasteiger partial charge in [0, 0.05) is 19.6 Å². The van der Waals surface area contributed by atoms with Crippen molar-refractivity contribution in [2.75, 3.05) is 19.7 Å². The molecule has 0 saturated carbocycles. The smallest absolute Gasteiger partial charge is 0.317 e. The molecule has 126 valence electrons. The molecular weight excluding hydrogens is 310 g/mol. The molecule has 0 aliphatic carbocycles. The third kappa shape index (κ3) is 5.08. The number of halogens is 2. The molecular formula is C15H18F2N2O4. The van der Waals surface area contributed by atoms with Gasteiger partial charge in [-0.05, 0) is 24.1 Å². The lowest BCUT2D eigenvalue weighted by atomic mass is 10.1. The average Bonchev–Trinajstić information content (AvgIpc) is 3.01. The van der Waals surface area contributed by atoms with Gasteiger partial charge in [-0.2, -0.15) is 0 Å². The van der Waals surface area contributed by atoms with Crippen LogP contribution in [0.15, 0.2) is 24.3 Å². The summed E-state index contributed by atoms with van der Waals surface area (Å²) < 4.78 is 29.1. The molecule has 8 heteroatoms. The van der Waals surface area contributed by atoms with Gasteiger partial charge in [0.15, 0.2) is 0 Å². The molecule has 23 heavy (non-hydrogen) atoms. The highest BCUT2D eigenvalue weighted by Gasteiger charge is 2.30. The molecule has 1 aromatic rings. The highest BCUT2D eigenvalue weighted by molar-refractivity contribution is 5.77. The van der Waals surface area contributed by atoms with Gasteiger partial charge in [0.05, 0.1) is 5.92 Å². The van der Waals surface area contributed by atoms with Gasteiger partial charge in [-0.3, -0.25) is 4.79 Å². The van der Waals surface area contributed by atoms with Gasteiger partial charge in [-0.15, -0.1) is 0 Å². The van der Waals surface area contributed by atoms with E-state index >= 15 is 0 Å². The number of carboxylic acids is 1. The van der Waals surface area contributed by atoms with Crippen molar-refractivity contribution < 1.29 is 28.2 Å². The minimum Gasteiger partial charge on any atom is -0.488 e. The van der Waals surface area contributed by atoms with Gasteiger partial charge < -0.3 is 20.1 Å². The molecule has 1 fully saturated rings. The first kappa shape index (κ1) is 17.0. The largest absolute Gasteiger partial charge is 0.488 e. The summed E-state index contributed by atoms with van der Waals surface area (Å²) in [6.07, 6.45) is -2.10. The van der Waals surface area contributed by atoms with E-state index in [1.54, 1.807) is 24.3 Å². The number of benzene rings is 1. The van der Waals surface area contributed by atoms with Crippen molar-refractivity contribution in [2.45, 2.75) is 19.4 Å². The zero-order valence-electron chi connectivity index (χ0n) is 12.4. The molecule has 6 nitrogen and oxygen atoms in total. The molecule has 2 amide bonds. The van der Waals surface area contributed by atoms with Crippen LogP contribution >= 0.6 is 0 Å². The van der Waals surface area contributed by atoms with Crippen LogP contribution in [0.5, 0.6) is 5.75 Å². The van der Waals surface area contributed by atoms with Crippen LogP contribution in [0.1, 0.15) is 12.0 Å². The van der Waals surface area contributed by atoms with Crippen molar-refractivity contribution in [3.05, 3.63) is 29.8 Å². The summed E-state index contributed by atoms with van der Waals surface area (Å²) in [5.41, 5.74) is 0.707. The zero-order valence-corrected chi connectivity index (χ0v) is 12.4. The number of carboxylic acid groups (broad SMARTS) is 1. The Morgan fingerprint density at radius 1 is 1.43 bits per heavy atom. The number of carbonyl (C=O) groups excluding carboxylic acids is 1. The molecule has 1 unspecified atom stereocenters. The Bertz CT molecular complexity index is 568. The van der Waals surface area contributed by atoms with E-state index in [4.69, 9.17) is 9.84 Å². The Morgan fingerprint density at radius 2 is 2.22 bits per heavy atom. The van der Waals surface area contributed by atoms with Crippen LogP contribution < -0.4 is 10.1 Å². The van der Waals surface area contributed by atoms with Crippen molar-refractivity contribution >= 4 is 12.0 Å². The molecule has 1 atom stereocenters. The third-order valence-corrected chi connectivity index (χ3v) is 3.54. The number of amides is 2. The van der Waals surface area contributed by atoms with Crippen molar-refractivity contribution in [3.8, 4) is 5.75 Å². The number of nitrogens with zero attached hydrogens (tertiary/aromatic N) is 1. The molecule has 0 aromatic heterocycles. The maximum Gasteiger partial charge on any atom is 0.317 e. The summed E-state index contributed by atoms with van der Waals surface area (Å²) >= 11 is 0. The highest BCUT2D eigenvalue weighted by atomic mass is 19.3. The lowest BCUT2D eigenvalue weighted by molar-refractivity contribution is -0.141. The molecule has 1 saturated heterocycles. The maximum atomic E-state index is 12.1. The number of urea groups is 1. The Morgan fingerprint density at radius 3 is 2.87 bits per heavy atom. The molecule has 1 heterocycles. The molecule has 0 bridgehead atoms. The molecule has 1 aromatic carbocycles. The van der Waals surface area contributed by atoms with Crippen molar-refractivity contribution in [1.29, 1.82) is 0 Å². The number of rotatable bonds is 6. The fourth-order valence-electron chi connectivity index (χ4n) is 2.34. The van der Waals surface area contributed by atoms with Crippen LogP contribution in [0.2, 0.25) is 0 Å². The number of hydrogen-bond acceptors (Lipinski definition) is 3. The second-order valence-corrected chi connectivity index (χ2v) is 5.28. The zero-order chi connectivity index (χ0) is 16.8. The summed E-state index contributed by atoms with van der Waals surface area (Å²) in [4.78, 5) is 24.3. The third-order valence-electron chi connectivity index (χ3n) is 3.54. The van der Waals surface area contributed by atoms with Gasteiger partial charge in [0.2, 0.25) is 0 Å². The van der Waals surface area contributed by atoms with Crippen LogP contribution in [-0.4, -0.2) is 48.1 Å². The molecule has 2 rings (SSSR count). The van der Waals surface area contributed by atoms with Crippen LogP contribution in [-0.2, 0) is 11.3 Å². The van der Waals surface area contributed by atoms with Crippen molar-refractivity contribution in [1.82, 2.24) is 10.2 Å². The second kappa shape index (κ2) is 7.75. The van der Waals surface area contributed by atoms with E-state index in [1.807, 2.05) is 0 Å². The van der Waals surface area contributed by atoms with E-state index in [-0.39, 0.29) is 19.1 Å². The van der Waals surface area contributed by atoms with Gasteiger partial charge in [0.25, 0.3) is 6.43 Å². The summed E-state index contributed by atoms with van der Waals surface area (Å²) in [6.45, 7) is 0.123. The molecule has 2 N–H and O–H groups in total. The quantitative estimate of drug-likeness (QED) is 0.836. The lowest BCUT2D eigenvalue weighted by Crippen LogP contribution is -2.38. The number of alkyl halides is 2. The lowest BCUT2D eigenvalue weighted by Gasteiger charge is -2.17. The van der Waals surface area contributed by atoms with Crippen molar-refractivity contribution in [3.63, 3.8) is 0 Å². The summed E-state index contributed by atoms with van der Waals surface area (Å²) in [6, 6.07) is 6.18. The summed E-state index contributed by atoms with van der Waals surface area (Å²) in [5, 5.41) is 11.6. The van der Waals surface area contributed by atoms with Crippen LogP contribution in [0.4, 0.5) is 13.6 Å². The number of likely N-dealkylation sites (tertiary alicyclic amines) is 1. The predicted octanol–water partition coefficient (Wildman–Crippen LogP) is 1.95. The highest BCUT2D eigenvalue weighted by Crippen LogP contribution is 2.17. The average molecular weight is 328 g/mol. The number of carbonyl (C=O) groups is 2. The normalized spacial score (nSPS) is 17.3. The Kier molecular flexibility index (Phi) is 5.72. The minimum absolute atomic E-state index is 0.193. The van der Waals surface area contributed by atoms with E-state index in [2.05, 4.69) is 5.32 Å². The summed E-state index contributed by atoms with van der Waals surface area (Å²) in [7, 11) is 0. The maximum absolute atomic E-state index is 12.1. The molecule has 1 aliphatic rings. The van der Waals surface area contributed by atoms with Crippen LogP contribution in [0.25, 0.3) is 0 Å². The standard InChI is InChI=1S/C15H18F2N2O4/c16-13(17)9-23-12-3-1-2-10(6-12)7-18-15(22)19-5-4-11(8-19)14(20)21/h1-3,6,11,13H,4-5,7-9H2,(H,18,22)(H,20,21). The van der Waals surface area contributed by atoms with Gasteiger partial charge >= 0.3 is 12.0 Å². The Labute approximate surface area is 132 Å². The Hall–Kier alpha value is -2.38.